The van der Waals surface area contributed by atoms with E-state index in [-0.39, 0.29) is 25.7 Å². The number of carboxylic acid groups (broad SMARTS) is 1. The number of carbonyl (C=O) groups is 2. The van der Waals surface area contributed by atoms with Crippen molar-refractivity contribution in [3.8, 4) is 0 Å². The van der Waals surface area contributed by atoms with E-state index in [2.05, 4.69) is 0 Å². The quantitative estimate of drug-likeness (QED) is 0.673. The number of carbonyl (C=O) groups excluding carboxylic acids is 1. The SMILES string of the molecule is COCCN(CC(=O)O)C(=O)N1CCC(CCO)C1. The highest BCUT2D eigenvalue weighted by atomic mass is 16.5. The summed E-state index contributed by atoms with van der Waals surface area (Å²) in [5, 5.41) is 17.7. The Morgan fingerprint density at radius 3 is 2.79 bits per heavy atom. The first-order valence-corrected chi connectivity index (χ1v) is 6.44. The number of aliphatic carboxylic acids is 1. The molecule has 19 heavy (non-hydrogen) atoms. The van der Waals surface area contributed by atoms with E-state index in [0.29, 0.717) is 32.0 Å². The minimum Gasteiger partial charge on any atom is -0.480 e. The van der Waals surface area contributed by atoms with Gasteiger partial charge >= 0.3 is 12.0 Å². The van der Waals surface area contributed by atoms with Crippen molar-refractivity contribution in [3.05, 3.63) is 0 Å². The normalized spacial score (nSPS) is 18.6. The maximum Gasteiger partial charge on any atom is 0.323 e. The summed E-state index contributed by atoms with van der Waals surface area (Å²) < 4.78 is 4.89. The van der Waals surface area contributed by atoms with Crippen molar-refractivity contribution in [2.45, 2.75) is 12.8 Å². The molecule has 1 aliphatic heterocycles. The first-order valence-electron chi connectivity index (χ1n) is 6.44. The third-order valence-electron chi connectivity index (χ3n) is 3.26. The van der Waals surface area contributed by atoms with Crippen molar-refractivity contribution in [1.29, 1.82) is 0 Å². The predicted octanol–water partition coefficient (Wildman–Crippen LogP) is -0.156. The first kappa shape index (κ1) is 15.7. The molecular formula is C12H22N2O5. The number of aliphatic hydroxyl groups excluding tert-OH is 1. The highest BCUT2D eigenvalue weighted by Gasteiger charge is 2.29. The summed E-state index contributed by atoms with van der Waals surface area (Å²) in [6.07, 6.45) is 1.54. The number of amides is 2. The van der Waals surface area contributed by atoms with Crippen LogP contribution in [0.2, 0.25) is 0 Å². The number of methoxy groups -OCH3 is 1. The van der Waals surface area contributed by atoms with Gasteiger partial charge < -0.3 is 24.7 Å². The smallest absolute Gasteiger partial charge is 0.323 e. The molecule has 0 aromatic heterocycles. The Hall–Kier alpha value is -1.34. The van der Waals surface area contributed by atoms with E-state index in [1.165, 1.54) is 12.0 Å². The van der Waals surface area contributed by atoms with E-state index in [1.807, 2.05) is 0 Å². The third kappa shape index (κ3) is 5.04. The molecular weight excluding hydrogens is 252 g/mol. The number of nitrogens with zero attached hydrogens (tertiary/aromatic N) is 2. The number of aliphatic hydroxyl groups is 1. The van der Waals surface area contributed by atoms with Crippen molar-refractivity contribution in [2.24, 2.45) is 5.92 Å². The molecule has 2 amide bonds. The Bertz CT molecular complexity index is 310. The molecule has 1 rings (SSSR count). The van der Waals surface area contributed by atoms with Gasteiger partial charge in [0.1, 0.15) is 6.54 Å². The second-order valence-corrected chi connectivity index (χ2v) is 4.70. The molecule has 2 N–H and O–H groups in total. The highest BCUT2D eigenvalue weighted by Crippen LogP contribution is 2.20. The number of ether oxygens (including phenoxy) is 1. The molecule has 0 spiro atoms. The van der Waals surface area contributed by atoms with Crippen molar-refractivity contribution < 1.29 is 24.5 Å². The van der Waals surface area contributed by atoms with Gasteiger partial charge in [0.05, 0.1) is 6.61 Å². The second-order valence-electron chi connectivity index (χ2n) is 4.70. The fourth-order valence-electron chi connectivity index (χ4n) is 2.23. The van der Waals surface area contributed by atoms with E-state index in [4.69, 9.17) is 14.9 Å². The van der Waals surface area contributed by atoms with Gasteiger partial charge in [-0.2, -0.15) is 0 Å². The van der Waals surface area contributed by atoms with Crippen LogP contribution < -0.4 is 0 Å². The summed E-state index contributed by atoms with van der Waals surface area (Å²) in [6, 6.07) is -0.264. The van der Waals surface area contributed by atoms with Gasteiger partial charge in [-0.1, -0.05) is 0 Å². The zero-order chi connectivity index (χ0) is 14.3. The van der Waals surface area contributed by atoms with E-state index in [0.717, 1.165) is 6.42 Å². The van der Waals surface area contributed by atoms with Gasteiger partial charge in [0.25, 0.3) is 0 Å². The lowest BCUT2D eigenvalue weighted by molar-refractivity contribution is -0.137. The molecule has 1 saturated heterocycles. The molecule has 7 nitrogen and oxygen atoms in total. The van der Waals surface area contributed by atoms with Crippen LogP contribution in [0, 0.1) is 5.92 Å². The maximum atomic E-state index is 12.2. The van der Waals surface area contributed by atoms with Gasteiger partial charge in [0, 0.05) is 33.4 Å². The van der Waals surface area contributed by atoms with Crippen LogP contribution in [0.15, 0.2) is 0 Å². The first-order chi connectivity index (χ1) is 9.08. The van der Waals surface area contributed by atoms with Crippen molar-refractivity contribution >= 4 is 12.0 Å². The van der Waals surface area contributed by atoms with Gasteiger partial charge in [-0.05, 0) is 18.8 Å². The molecule has 1 aliphatic rings. The molecule has 1 unspecified atom stereocenters. The molecule has 1 fully saturated rings. The van der Waals surface area contributed by atoms with Crippen LogP contribution in [-0.4, -0.2) is 78.5 Å². The molecule has 1 atom stereocenters. The molecule has 0 bridgehead atoms. The number of hydrogen-bond acceptors (Lipinski definition) is 4. The van der Waals surface area contributed by atoms with Gasteiger partial charge in [0.2, 0.25) is 0 Å². The summed E-state index contributed by atoms with van der Waals surface area (Å²) >= 11 is 0. The fourth-order valence-corrected chi connectivity index (χ4v) is 2.23. The van der Waals surface area contributed by atoms with Gasteiger partial charge in [0.15, 0.2) is 0 Å². The molecule has 0 aliphatic carbocycles. The van der Waals surface area contributed by atoms with Crippen LogP contribution in [0.4, 0.5) is 4.79 Å². The predicted molar refractivity (Wildman–Crippen MR) is 67.9 cm³/mol. The van der Waals surface area contributed by atoms with Crippen LogP contribution in [0.1, 0.15) is 12.8 Å². The summed E-state index contributed by atoms with van der Waals surface area (Å²) in [5.41, 5.74) is 0. The lowest BCUT2D eigenvalue weighted by atomic mass is 10.1. The Labute approximate surface area is 112 Å². The van der Waals surface area contributed by atoms with E-state index < -0.39 is 5.97 Å². The van der Waals surface area contributed by atoms with Gasteiger partial charge in [-0.25, -0.2) is 4.79 Å². The standard InChI is InChI=1S/C12H22N2O5/c1-19-7-5-14(9-11(16)17)12(18)13-4-2-10(8-13)3-6-15/h10,15H,2-9H2,1H3,(H,16,17). The van der Waals surface area contributed by atoms with Crippen LogP contribution in [0.25, 0.3) is 0 Å². The number of likely N-dealkylation sites (tertiary alicyclic amines) is 1. The molecule has 1 heterocycles. The number of hydrogen-bond donors (Lipinski definition) is 2. The molecule has 7 heteroatoms. The molecule has 0 aromatic rings. The van der Waals surface area contributed by atoms with Crippen molar-refractivity contribution in [2.75, 3.05) is 46.5 Å². The van der Waals surface area contributed by atoms with Crippen LogP contribution in [-0.2, 0) is 9.53 Å². The van der Waals surface area contributed by atoms with Crippen molar-refractivity contribution in [3.63, 3.8) is 0 Å². The molecule has 0 aromatic carbocycles. The van der Waals surface area contributed by atoms with Crippen LogP contribution in [0.3, 0.4) is 0 Å². The van der Waals surface area contributed by atoms with Crippen LogP contribution in [0.5, 0.6) is 0 Å². The van der Waals surface area contributed by atoms with Gasteiger partial charge in [-0.15, -0.1) is 0 Å². The third-order valence-corrected chi connectivity index (χ3v) is 3.26. The van der Waals surface area contributed by atoms with E-state index in [1.54, 1.807) is 4.90 Å². The Morgan fingerprint density at radius 2 is 2.21 bits per heavy atom. The second kappa shape index (κ2) is 7.96. The van der Waals surface area contributed by atoms with E-state index >= 15 is 0 Å². The lowest BCUT2D eigenvalue weighted by Gasteiger charge is -2.26. The average molecular weight is 274 g/mol. The maximum absolute atomic E-state index is 12.2. The zero-order valence-corrected chi connectivity index (χ0v) is 11.2. The molecule has 0 saturated carbocycles. The minimum atomic E-state index is -1.03. The fraction of sp³-hybridized carbons (Fsp3) is 0.833. The zero-order valence-electron chi connectivity index (χ0n) is 11.2. The summed E-state index contributed by atoms with van der Waals surface area (Å²) in [6.45, 7) is 1.59. The summed E-state index contributed by atoms with van der Waals surface area (Å²) in [7, 11) is 1.51. The number of urea groups is 1. The molecule has 0 radical (unpaired) electrons. The largest absolute Gasteiger partial charge is 0.480 e. The van der Waals surface area contributed by atoms with Crippen molar-refractivity contribution in [1.82, 2.24) is 9.80 Å². The summed E-state index contributed by atoms with van der Waals surface area (Å²) in [5.74, 6) is -0.724. The average Bonchev–Trinajstić information content (AvgIpc) is 2.82. The van der Waals surface area contributed by atoms with E-state index in [9.17, 15) is 9.59 Å². The Morgan fingerprint density at radius 1 is 1.47 bits per heavy atom. The highest BCUT2D eigenvalue weighted by molar-refractivity contribution is 5.80. The van der Waals surface area contributed by atoms with Crippen LogP contribution >= 0.6 is 0 Å². The Balaban J connectivity index is 2.53. The monoisotopic (exact) mass is 274 g/mol. The topological polar surface area (TPSA) is 90.3 Å². The summed E-state index contributed by atoms with van der Waals surface area (Å²) in [4.78, 5) is 25.9. The minimum absolute atomic E-state index is 0.120. The molecule has 110 valence electrons. The number of rotatable bonds is 7. The van der Waals surface area contributed by atoms with Gasteiger partial charge in [-0.3, -0.25) is 4.79 Å². The number of carboxylic acids is 1. The Kier molecular flexibility index (Phi) is 6.58. The lowest BCUT2D eigenvalue weighted by Crippen LogP contribution is -2.45.